The lowest BCUT2D eigenvalue weighted by atomic mass is 10.1. The molecule has 190 valence electrons. The van der Waals surface area contributed by atoms with Gasteiger partial charge in [-0.25, -0.2) is 4.98 Å². The summed E-state index contributed by atoms with van der Waals surface area (Å²) in [6, 6.07) is 20.7. The molecule has 5 rings (SSSR count). The Kier molecular flexibility index (Phi) is 7.01. The van der Waals surface area contributed by atoms with E-state index in [2.05, 4.69) is 63.9 Å². The molecule has 0 spiro atoms. The van der Waals surface area contributed by atoms with Crippen molar-refractivity contribution in [1.82, 2.24) is 24.8 Å². The van der Waals surface area contributed by atoms with Crippen molar-refractivity contribution < 1.29 is 4.79 Å². The lowest BCUT2D eigenvalue weighted by Gasteiger charge is -2.25. The van der Waals surface area contributed by atoms with Gasteiger partial charge in [0.15, 0.2) is 0 Å². The molecular formula is C29H33N7O. The molecule has 3 heterocycles. The fourth-order valence-corrected chi connectivity index (χ4v) is 4.69. The number of carbonyl (C=O) groups is 1. The zero-order chi connectivity index (χ0) is 25.9. The van der Waals surface area contributed by atoms with E-state index in [1.807, 2.05) is 61.3 Å². The third kappa shape index (κ3) is 5.24. The first-order valence-electron chi connectivity index (χ1n) is 12.7. The molecule has 1 aliphatic rings. The van der Waals surface area contributed by atoms with Gasteiger partial charge in [0.05, 0.1) is 18.1 Å². The average molecular weight is 496 g/mol. The highest BCUT2D eigenvalue weighted by Crippen LogP contribution is 2.30. The molecule has 0 fully saturated rings. The third-order valence-corrected chi connectivity index (χ3v) is 6.79. The van der Waals surface area contributed by atoms with E-state index >= 15 is 0 Å². The number of nitrogens with one attached hydrogen (secondary N) is 2. The SMILES string of the molecule is CC(C)N1Cc2c(NCc3cnc4ccccc4c3)nc(NCC(c3ccccc3)N(C)C)nc2C1=O. The van der Waals surface area contributed by atoms with E-state index in [0.29, 0.717) is 37.1 Å². The molecule has 2 N–H and O–H groups in total. The molecular weight excluding hydrogens is 462 g/mol. The highest BCUT2D eigenvalue weighted by molar-refractivity contribution is 5.98. The molecule has 8 heteroatoms. The molecule has 0 radical (unpaired) electrons. The van der Waals surface area contributed by atoms with Gasteiger partial charge in [-0.2, -0.15) is 4.98 Å². The van der Waals surface area contributed by atoms with Crippen LogP contribution in [0.3, 0.4) is 0 Å². The smallest absolute Gasteiger partial charge is 0.273 e. The van der Waals surface area contributed by atoms with Gasteiger partial charge in [-0.3, -0.25) is 9.78 Å². The molecule has 0 bridgehead atoms. The number of rotatable bonds is 9. The number of nitrogens with zero attached hydrogens (tertiary/aromatic N) is 5. The van der Waals surface area contributed by atoms with Gasteiger partial charge in [-0.1, -0.05) is 48.5 Å². The molecule has 0 saturated heterocycles. The zero-order valence-corrected chi connectivity index (χ0v) is 21.8. The molecule has 37 heavy (non-hydrogen) atoms. The first-order chi connectivity index (χ1) is 17.9. The largest absolute Gasteiger partial charge is 0.365 e. The van der Waals surface area contributed by atoms with Gasteiger partial charge >= 0.3 is 0 Å². The van der Waals surface area contributed by atoms with E-state index in [9.17, 15) is 4.79 Å². The second-order valence-electron chi connectivity index (χ2n) is 9.91. The van der Waals surface area contributed by atoms with Crippen molar-refractivity contribution in [3.8, 4) is 0 Å². The van der Waals surface area contributed by atoms with Crippen LogP contribution in [0.5, 0.6) is 0 Å². The number of hydrogen-bond donors (Lipinski definition) is 2. The van der Waals surface area contributed by atoms with Crippen LogP contribution in [0.25, 0.3) is 10.9 Å². The highest BCUT2D eigenvalue weighted by atomic mass is 16.2. The Morgan fingerprint density at radius 1 is 1.00 bits per heavy atom. The Morgan fingerprint density at radius 2 is 1.76 bits per heavy atom. The van der Waals surface area contributed by atoms with Gasteiger partial charge in [-0.05, 0) is 51.2 Å². The topological polar surface area (TPSA) is 86.3 Å². The van der Waals surface area contributed by atoms with Crippen molar-refractivity contribution in [2.75, 3.05) is 31.3 Å². The summed E-state index contributed by atoms with van der Waals surface area (Å²) in [5, 5.41) is 7.95. The van der Waals surface area contributed by atoms with Crippen molar-refractivity contribution in [2.24, 2.45) is 0 Å². The second kappa shape index (κ2) is 10.5. The Balaban J connectivity index is 1.41. The number of fused-ring (bicyclic) bond motifs is 2. The van der Waals surface area contributed by atoms with Crippen molar-refractivity contribution in [1.29, 1.82) is 0 Å². The molecule has 1 unspecified atom stereocenters. The molecule has 1 aliphatic heterocycles. The maximum atomic E-state index is 13.2. The van der Waals surface area contributed by atoms with Crippen LogP contribution in [0, 0.1) is 0 Å². The summed E-state index contributed by atoms with van der Waals surface area (Å²) in [7, 11) is 4.11. The van der Waals surface area contributed by atoms with Crippen molar-refractivity contribution in [3.05, 3.63) is 89.2 Å². The molecule has 2 aromatic carbocycles. The van der Waals surface area contributed by atoms with Crippen LogP contribution < -0.4 is 10.6 Å². The number of likely N-dealkylation sites (N-methyl/N-ethyl adjacent to an activating group) is 1. The standard InChI is InChI=1S/C29H33N7O/c1-19(2)36-18-23-26(28(36)37)33-29(32-17-25(35(3)4)21-10-6-5-7-11-21)34-27(23)31-16-20-14-22-12-8-9-13-24(22)30-15-20/h5-15,19,25H,16-18H2,1-4H3,(H2,31,32,33,34). The van der Waals surface area contributed by atoms with Gasteiger partial charge in [-0.15, -0.1) is 0 Å². The third-order valence-electron chi connectivity index (χ3n) is 6.79. The second-order valence-corrected chi connectivity index (χ2v) is 9.91. The van der Waals surface area contributed by atoms with Gasteiger partial charge in [0, 0.05) is 36.3 Å². The van der Waals surface area contributed by atoms with Crippen molar-refractivity contribution in [2.45, 2.75) is 39.0 Å². The first-order valence-corrected chi connectivity index (χ1v) is 12.7. The average Bonchev–Trinajstić information content (AvgIpc) is 3.24. The van der Waals surface area contributed by atoms with Gasteiger partial charge in [0.2, 0.25) is 5.95 Å². The summed E-state index contributed by atoms with van der Waals surface area (Å²) >= 11 is 0. The monoisotopic (exact) mass is 495 g/mol. The Bertz CT molecular complexity index is 1400. The summed E-state index contributed by atoms with van der Waals surface area (Å²) in [5.41, 5.74) is 4.51. The van der Waals surface area contributed by atoms with E-state index in [-0.39, 0.29) is 18.0 Å². The molecule has 1 amide bonds. The minimum Gasteiger partial charge on any atom is -0.365 e. The maximum Gasteiger partial charge on any atom is 0.273 e. The molecule has 2 aromatic heterocycles. The van der Waals surface area contributed by atoms with Gasteiger partial charge in [0.25, 0.3) is 5.91 Å². The number of pyridine rings is 1. The predicted octanol–water partition coefficient (Wildman–Crippen LogP) is 4.72. The molecule has 0 saturated carbocycles. The summed E-state index contributed by atoms with van der Waals surface area (Å²) in [6.45, 7) is 5.68. The summed E-state index contributed by atoms with van der Waals surface area (Å²) < 4.78 is 0. The normalized spacial score (nSPS) is 13.9. The number of benzene rings is 2. The van der Waals surface area contributed by atoms with Crippen LogP contribution >= 0.6 is 0 Å². The molecule has 4 aromatic rings. The van der Waals surface area contributed by atoms with E-state index in [1.54, 1.807) is 0 Å². The molecule has 1 atom stereocenters. The summed E-state index contributed by atoms with van der Waals surface area (Å²) in [4.78, 5) is 31.2. The number of amides is 1. The summed E-state index contributed by atoms with van der Waals surface area (Å²) in [6.07, 6.45) is 1.88. The molecule has 8 nitrogen and oxygen atoms in total. The zero-order valence-electron chi connectivity index (χ0n) is 21.8. The quantitative estimate of drug-likeness (QED) is 0.348. The lowest BCUT2D eigenvalue weighted by Crippen LogP contribution is -2.31. The number of carbonyl (C=O) groups excluding carboxylic acids is 1. The van der Waals surface area contributed by atoms with Crippen molar-refractivity contribution in [3.63, 3.8) is 0 Å². The van der Waals surface area contributed by atoms with Crippen LogP contribution in [0.4, 0.5) is 11.8 Å². The minimum absolute atomic E-state index is 0.0573. The van der Waals surface area contributed by atoms with Crippen LogP contribution in [0.2, 0.25) is 0 Å². The number of anilines is 2. The van der Waals surface area contributed by atoms with E-state index in [1.165, 1.54) is 5.56 Å². The van der Waals surface area contributed by atoms with Crippen molar-refractivity contribution >= 4 is 28.6 Å². The fraction of sp³-hybridized carbons (Fsp3) is 0.310. The number of hydrogen-bond acceptors (Lipinski definition) is 7. The summed E-state index contributed by atoms with van der Waals surface area (Å²) in [5.74, 6) is 1.07. The van der Waals surface area contributed by atoms with Crippen LogP contribution in [-0.2, 0) is 13.1 Å². The lowest BCUT2D eigenvalue weighted by molar-refractivity contribution is 0.0726. The number of aromatic nitrogens is 3. The van der Waals surface area contributed by atoms with E-state index in [4.69, 9.17) is 4.98 Å². The molecule has 0 aliphatic carbocycles. The highest BCUT2D eigenvalue weighted by Gasteiger charge is 2.34. The van der Waals surface area contributed by atoms with Crippen LogP contribution in [0.1, 0.15) is 47.1 Å². The van der Waals surface area contributed by atoms with Crippen LogP contribution in [0.15, 0.2) is 66.9 Å². The van der Waals surface area contributed by atoms with Gasteiger partial charge < -0.3 is 20.4 Å². The Hall–Kier alpha value is -4.04. The number of para-hydroxylation sites is 1. The van der Waals surface area contributed by atoms with E-state index in [0.717, 1.165) is 22.0 Å². The predicted molar refractivity (Wildman–Crippen MR) is 147 cm³/mol. The van der Waals surface area contributed by atoms with E-state index < -0.39 is 0 Å². The maximum absolute atomic E-state index is 13.2. The fourth-order valence-electron chi connectivity index (χ4n) is 4.69. The van der Waals surface area contributed by atoms with Gasteiger partial charge in [0.1, 0.15) is 11.5 Å². The minimum atomic E-state index is -0.0573. The van der Waals surface area contributed by atoms with Crippen LogP contribution in [-0.4, -0.2) is 57.3 Å². The Labute approximate surface area is 217 Å². The first kappa shape index (κ1) is 24.6. The Morgan fingerprint density at radius 3 is 2.51 bits per heavy atom.